The van der Waals surface area contributed by atoms with Gasteiger partial charge in [0.15, 0.2) is 5.78 Å². The zero-order valence-electron chi connectivity index (χ0n) is 23.0. The summed E-state index contributed by atoms with van der Waals surface area (Å²) in [6, 6.07) is 17.0. The number of nitrogens with zero attached hydrogens (tertiary/aromatic N) is 3. The molecule has 2 saturated carbocycles. The number of amides is 3. The molecule has 1 aliphatic heterocycles. The maximum atomic E-state index is 13.8. The van der Waals surface area contributed by atoms with Crippen molar-refractivity contribution < 1.29 is 33.6 Å². The van der Waals surface area contributed by atoms with Crippen LogP contribution in [0.4, 0.5) is 5.69 Å². The molecule has 230 valence electrons. The minimum atomic E-state index is -0.835. The lowest BCUT2D eigenvalue weighted by Gasteiger charge is -2.30. The second-order valence-electron chi connectivity index (χ2n) is 11.0. The van der Waals surface area contributed by atoms with Gasteiger partial charge in [-0.15, -0.1) is 0 Å². The Morgan fingerprint density at radius 1 is 0.822 bits per heavy atom. The zero-order chi connectivity index (χ0) is 32.2. The van der Waals surface area contributed by atoms with Crippen molar-refractivity contribution in [3.05, 3.63) is 104 Å². The van der Waals surface area contributed by atoms with Gasteiger partial charge in [-0.05, 0) is 78.9 Å². The minimum absolute atomic E-state index is 0.0303. The lowest BCUT2D eigenvalue weighted by atomic mass is 9.81. The number of rotatable bonds is 8. The first-order chi connectivity index (χ1) is 21.5. The summed E-state index contributed by atoms with van der Waals surface area (Å²) < 4.78 is 6.19. The molecule has 0 aromatic heterocycles. The summed E-state index contributed by atoms with van der Waals surface area (Å²) in [6.07, 6.45) is 0.681. The molecule has 3 amide bonds. The van der Waals surface area contributed by atoms with Gasteiger partial charge in [0, 0.05) is 37.4 Å². The Bertz CT molecular complexity index is 1700. The number of esters is 1. The molecule has 0 unspecified atom stereocenters. The van der Waals surface area contributed by atoms with Gasteiger partial charge in [0.1, 0.15) is 12.3 Å². The van der Waals surface area contributed by atoms with E-state index in [-0.39, 0.29) is 44.1 Å². The molecule has 6 atom stereocenters. The van der Waals surface area contributed by atoms with Gasteiger partial charge in [-0.1, -0.05) is 47.8 Å². The van der Waals surface area contributed by atoms with Crippen LogP contribution in [0.3, 0.4) is 0 Å². The highest BCUT2D eigenvalue weighted by Crippen LogP contribution is 2.60. The van der Waals surface area contributed by atoms with Crippen LogP contribution in [-0.4, -0.2) is 60.6 Å². The van der Waals surface area contributed by atoms with Crippen molar-refractivity contribution in [2.24, 2.45) is 23.7 Å². The smallest absolute Gasteiger partial charge is 0.343 e. The van der Waals surface area contributed by atoms with Crippen LogP contribution in [0, 0.1) is 33.8 Å². The highest BCUT2D eigenvalue weighted by molar-refractivity contribution is 9.12. The zero-order valence-corrected chi connectivity index (χ0v) is 27.8. The number of alkyl halides is 2. The van der Waals surface area contributed by atoms with Crippen LogP contribution in [0.1, 0.15) is 37.5 Å². The van der Waals surface area contributed by atoms with Crippen molar-refractivity contribution in [3.8, 4) is 5.75 Å². The number of non-ortho nitro benzene ring substituents is 1. The average molecular weight is 804 g/mol. The van der Waals surface area contributed by atoms with Crippen LogP contribution >= 0.6 is 47.8 Å². The summed E-state index contributed by atoms with van der Waals surface area (Å²) >= 11 is 10.6. The number of carbonyl (C=O) groups is 5. The summed E-state index contributed by atoms with van der Waals surface area (Å²) in [4.78, 5) is 77.8. The Hall–Kier alpha value is -3.75. The highest BCUT2D eigenvalue weighted by Gasteiger charge is 2.67. The van der Waals surface area contributed by atoms with Crippen molar-refractivity contribution in [3.63, 3.8) is 0 Å². The number of carbonyl (C=O) groups excluding carboxylic acids is 5. The number of fused-ring (bicyclic) bond motifs is 5. The quantitative estimate of drug-likeness (QED) is 0.0545. The van der Waals surface area contributed by atoms with Gasteiger partial charge >= 0.3 is 5.97 Å². The van der Waals surface area contributed by atoms with E-state index in [2.05, 4.69) is 47.8 Å². The van der Waals surface area contributed by atoms with Crippen LogP contribution in [0.25, 0.3) is 0 Å². The minimum Gasteiger partial charge on any atom is -0.423 e. The van der Waals surface area contributed by atoms with Crippen molar-refractivity contribution >= 4 is 83.0 Å². The molecule has 0 spiro atoms. The Kier molecular flexibility index (Phi) is 8.48. The molecule has 3 aromatic rings. The largest absolute Gasteiger partial charge is 0.423 e. The van der Waals surface area contributed by atoms with Crippen LogP contribution in [0.2, 0.25) is 0 Å². The summed E-state index contributed by atoms with van der Waals surface area (Å²) in [7, 11) is 0. The number of ketones is 1. The van der Waals surface area contributed by atoms with Gasteiger partial charge in [0.2, 0.25) is 0 Å². The first kappa shape index (κ1) is 31.2. The molecule has 45 heavy (non-hydrogen) atoms. The molecule has 1 saturated heterocycles. The predicted octanol–water partition coefficient (Wildman–Crippen LogP) is 5.59. The molecule has 2 aliphatic carbocycles. The molecule has 11 nitrogen and oxygen atoms in total. The van der Waals surface area contributed by atoms with Crippen LogP contribution < -0.4 is 4.74 Å². The van der Waals surface area contributed by atoms with Crippen molar-refractivity contribution in [2.75, 3.05) is 6.54 Å². The lowest BCUT2D eigenvalue weighted by molar-refractivity contribution is -0.384. The average Bonchev–Trinajstić information content (AvgIpc) is 3.65. The number of hydrogen-bond donors (Lipinski definition) is 0. The molecule has 2 bridgehead atoms. The van der Waals surface area contributed by atoms with E-state index in [1.165, 1.54) is 36.4 Å². The van der Waals surface area contributed by atoms with E-state index in [0.29, 0.717) is 12.0 Å². The van der Waals surface area contributed by atoms with Gasteiger partial charge in [-0.3, -0.25) is 29.3 Å². The third-order valence-electron chi connectivity index (χ3n) is 8.52. The first-order valence-electron chi connectivity index (χ1n) is 13.8. The number of nitro benzene ring substituents is 1. The number of Topliss-reactive ketones (excluding diaryl/α,β-unsaturated/α-hetero) is 1. The van der Waals surface area contributed by atoms with Crippen LogP contribution in [0.15, 0.2) is 77.3 Å². The highest BCUT2D eigenvalue weighted by atomic mass is 79.9. The number of hydrazine groups is 1. The van der Waals surface area contributed by atoms with Crippen LogP contribution in [0.5, 0.6) is 5.75 Å². The van der Waals surface area contributed by atoms with E-state index in [4.69, 9.17) is 4.74 Å². The molecule has 1 heterocycles. The molecule has 0 N–H and O–H groups in total. The number of ether oxygens (including phenoxy) is 1. The normalized spacial score (nSPS) is 24.8. The van der Waals surface area contributed by atoms with Crippen molar-refractivity contribution in [1.29, 1.82) is 0 Å². The Morgan fingerprint density at radius 2 is 1.33 bits per heavy atom. The third kappa shape index (κ3) is 5.63. The maximum Gasteiger partial charge on any atom is 0.343 e. The van der Waals surface area contributed by atoms with Gasteiger partial charge in [-0.2, -0.15) is 5.01 Å². The monoisotopic (exact) mass is 801 g/mol. The molecule has 3 fully saturated rings. The number of imide groups is 1. The number of halogens is 3. The summed E-state index contributed by atoms with van der Waals surface area (Å²) in [5, 5.41) is 12.8. The molecule has 0 radical (unpaired) electrons. The Labute approximate surface area is 281 Å². The van der Waals surface area contributed by atoms with E-state index in [1.807, 2.05) is 0 Å². The van der Waals surface area contributed by atoms with Crippen molar-refractivity contribution in [1.82, 2.24) is 10.0 Å². The summed E-state index contributed by atoms with van der Waals surface area (Å²) in [5.74, 6) is -4.46. The molecule has 3 aliphatic rings. The van der Waals surface area contributed by atoms with Gasteiger partial charge < -0.3 is 4.74 Å². The van der Waals surface area contributed by atoms with E-state index in [1.54, 1.807) is 24.3 Å². The second-order valence-corrected chi connectivity index (χ2v) is 14.0. The molecule has 3 aromatic carbocycles. The van der Waals surface area contributed by atoms with E-state index in [9.17, 15) is 34.1 Å². The molecule has 6 rings (SSSR count). The van der Waals surface area contributed by atoms with Crippen molar-refractivity contribution in [2.45, 2.75) is 16.1 Å². The Morgan fingerprint density at radius 3 is 1.87 bits per heavy atom. The first-order valence-corrected chi connectivity index (χ1v) is 16.4. The van der Waals surface area contributed by atoms with Gasteiger partial charge in [0.05, 0.1) is 22.3 Å². The fraction of sp³-hybridized carbons (Fsp3) is 0.258. The van der Waals surface area contributed by atoms with E-state index in [0.717, 1.165) is 26.6 Å². The summed E-state index contributed by atoms with van der Waals surface area (Å²) in [5.41, 5.74) is 0.178. The predicted molar refractivity (Wildman–Crippen MR) is 170 cm³/mol. The molecule has 14 heteroatoms. The Balaban J connectivity index is 1.25. The number of hydrogen-bond acceptors (Lipinski definition) is 8. The fourth-order valence-electron chi connectivity index (χ4n) is 6.37. The summed E-state index contributed by atoms with van der Waals surface area (Å²) in [6.45, 7) is -0.657. The number of nitro groups is 1. The fourth-order valence-corrected chi connectivity index (χ4v) is 8.50. The topological polar surface area (TPSA) is 144 Å². The third-order valence-corrected chi connectivity index (χ3v) is 12.3. The lowest BCUT2D eigenvalue weighted by Crippen LogP contribution is -2.52. The molecular weight excluding hydrogens is 782 g/mol. The van der Waals surface area contributed by atoms with E-state index >= 15 is 0 Å². The van der Waals surface area contributed by atoms with Crippen LogP contribution in [-0.2, 0) is 9.59 Å². The van der Waals surface area contributed by atoms with Gasteiger partial charge in [-0.25, -0.2) is 9.80 Å². The number of benzene rings is 3. The SMILES string of the molecule is O=C(CN(C(=O)c1ccc([N+](=O)[O-])cc1)N1C(=O)[C@@H]2[C@H]3C[C@@H]([C@H](Br)[C@@H]3Br)[C@@H]2C1=O)c1ccc(OC(=O)c2ccc(Br)cc2)cc1. The van der Waals surface area contributed by atoms with Gasteiger partial charge in [0.25, 0.3) is 23.4 Å². The standard InChI is InChI=1S/C31H22Br3N3O8/c32-18-7-1-17(2-8-18)31(42)45-20-11-5-15(6-12-20)23(38)14-35(28(39)16-3-9-19(10-4-16)37(43)44)36-29(40)24-21-13-22(25(24)30(36)41)27(34)26(21)33/h1-12,21-22,24-27H,13-14H2/t21-,22-,24-,25+,26-,27+/m1/s1. The maximum absolute atomic E-state index is 13.8. The van der Waals surface area contributed by atoms with E-state index < -0.39 is 52.8 Å². The second kappa shape index (κ2) is 12.2. The molecular formula is C31H22Br3N3O8.